The van der Waals surface area contributed by atoms with E-state index in [9.17, 15) is 4.79 Å². The van der Waals surface area contributed by atoms with Crippen LogP contribution in [0.3, 0.4) is 0 Å². The monoisotopic (exact) mass is 270 g/mol. The number of hydrogen-bond donors (Lipinski definition) is 2. The van der Waals surface area contributed by atoms with Gasteiger partial charge in [0.15, 0.2) is 0 Å². The highest BCUT2D eigenvalue weighted by Crippen LogP contribution is 2.24. The molecule has 0 radical (unpaired) electrons. The number of rotatable bonds is 3. The third-order valence-corrected chi connectivity index (χ3v) is 2.74. The van der Waals surface area contributed by atoms with Gasteiger partial charge in [-0.2, -0.15) is 0 Å². The summed E-state index contributed by atoms with van der Waals surface area (Å²) in [5, 5.41) is 3.09. The first-order valence-electron chi connectivity index (χ1n) is 4.63. The van der Waals surface area contributed by atoms with Crippen molar-refractivity contribution in [3.63, 3.8) is 0 Å². The summed E-state index contributed by atoms with van der Waals surface area (Å²) in [5.41, 5.74) is 5.68. The number of halogens is 1. The van der Waals surface area contributed by atoms with Crippen molar-refractivity contribution in [2.45, 2.75) is 6.10 Å². The standard InChI is InChI=1S/C10H11BrN2O2/c11-6-1-2-9(8(3-6)10(12)14)15-7-4-13-5-7/h1-3,7,13H,4-5H2,(H2,12,14). The normalized spacial score (nSPS) is 15.8. The maximum atomic E-state index is 11.2. The van der Waals surface area contributed by atoms with E-state index in [-0.39, 0.29) is 6.10 Å². The molecule has 1 saturated heterocycles. The Balaban J connectivity index is 2.23. The van der Waals surface area contributed by atoms with E-state index in [1.54, 1.807) is 12.1 Å². The molecule has 2 rings (SSSR count). The van der Waals surface area contributed by atoms with Gasteiger partial charge in [0, 0.05) is 17.6 Å². The lowest BCUT2D eigenvalue weighted by molar-refractivity contribution is 0.0984. The fourth-order valence-electron chi connectivity index (χ4n) is 1.32. The van der Waals surface area contributed by atoms with Gasteiger partial charge in [-0.1, -0.05) is 15.9 Å². The molecule has 80 valence electrons. The fourth-order valence-corrected chi connectivity index (χ4v) is 1.68. The van der Waals surface area contributed by atoms with Gasteiger partial charge in [-0.15, -0.1) is 0 Å². The van der Waals surface area contributed by atoms with Gasteiger partial charge < -0.3 is 15.8 Å². The van der Waals surface area contributed by atoms with E-state index < -0.39 is 5.91 Å². The molecule has 1 fully saturated rings. The van der Waals surface area contributed by atoms with Crippen LogP contribution in [0, 0.1) is 0 Å². The predicted molar refractivity (Wildman–Crippen MR) is 59.9 cm³/mol. The van der Waals surface area contributed by atoms with Gasteiger partial charge >= 0.3 is 0 Å². The smallest absolute Gasteiger partial charge is 0.252 e. The lowest BCUT2D eigenvalue weighted by atomic mass is 10.1. The van der Waals surface area contributed by atoms with Crippen molar-refractivity contribution in [3.8, 4) is 5.75 Å². The molecule has 1 aliphatic heterocycles. The summed E-state index contributed by atoms with van der Waals surface area (Å²) in [6.07, 6.45) is 0.143. The topological polar surface area (TPSA) is 64.4 Å². The molecule has 1 amide bonds. The van der Waals surface area contributed by atoms with Crippen molar-refractivity contribution in [2.75, 3.05) is 13.1 Å². The minimum absolute atomic E-state index is 0.143. The van der Waals surface area contributed by atoms with Crippen LogP contribution < -0.4 is 15.8 Å². The van der Waals surface area contributed by atoms with Gasteiger partial charge in [0.1, 0.15) is 11.9 Å². The number of carbonyl (C=O) groups is 1. The van der Waals surface area contributed by atoms with E-state index >= 15 is 0 Å². The Morgan fingerprint density at radius 1 is 1.53 bits per heavy atom. The van der Waals surface area contributed by atoms with Crippen LogP contribution >= 0.6 is 15.9 Å². The number of amides is 1. The van der Waals surface area contributed by atoms with Crippen LogP contribution in [0.5, 0.6) is 5.75 Å². The Labute approximate surface area is 95.9 Å². The molecular formula is C10H11BrN2O2. The van der Waals surface area contributed by atoms with Gasteiger partial charge in [-0.25, -0.2) is 0 Å². The highest BCUT2D eigenvalue weighted by molar-refractivity contribution is 9.10. The summed E-state index contributed by atoms with van der Waals surface area (Å²) in [4.78, 5) is 11.2. The fraction of sp³-hybridized carbons (Fsp3) is 0.300. The third-order valence-electron chi connectivity index (χ3n) is 2.24. The lowest BCUT2D eigenvalue weighted by Crippen LogP contribution is -2.50. The van der Waals surface area contributed by atoms with Crippen molar-refractivity contribution in [2.24, 2.45) is 5.73 Å². The molecule has 1 heterocycles. The molecule has 0 saturated carbocycles. The van der Waals surface area contributed by atoms with Crippen LogP contribution in [0.2, 0.25) is 0 Å². The van der Waals surface area contributed by atoms with Gasteiger partial charge in [-0.3, -0.25) is 4.79 Å². The second kappa shape index (κ2) is 4.20. The number of hydrogen-bond acceptors (Lipinski definition) is 3. The van der Waals surface area contributed by atoms with E-state index in [0.29, 0.717) is 11.3 Å². The largest absolute Gasteiger partial charge is 0.487 e. The van der Waals surface area contributed by atoms with Gasteiger partial charge in [0.05, 0.1) is 5.56 Å². The molecule has 1 aromatic carbocycles. The van der Waals surface area contributed by atoms with Crippen molar-refractivity contribution in [1.82, 2.24) is 5.32 Å². The minimum Gasteiger partial charge on any atom is -0.487 e. The average Bonchev–Trinajstić information content (AvgIpc) is 2.12. The van der Waals surface area contributed by atoms with Crippen LogP contribution in [-0.2, 0) is 0 Å². The summed E-state index contributed by atoms with van der Waals surface area (Å²) in [6, 6.07) is 5.25. The highest BCUT2D eigenvalue weighted by Gasteiger charge is 2.20. The molecule has 0 aliphatic carbocycles. The highest BCUT2D eigenvalue weighted by atomic mass is 79.9. The maximum Gasteiger partial charge on any atom is 0.252 e. The first-order chi connectivity index (χ1) is 7.16. The molecule has 0 aromatic heterocycles. The molecule has 0 unspecified atom stereocenters. The molecule has 0 spiro atoms. The Morgan fingerprint density at radius 3 is 2.80 bits per heavy atom. The second-order valence-corrected chi connectivity index (χ2v) is 4.32. The zero-order valence-corrected chi connectivity index (χ0v) is 9.58. The lowest BCUT2D eigenvalue weighted by Gasteiger charge is -2.28. The summed E-state index contributed by atoms with van der Waals surface area (Å²) in [6.45, 7) is 1.63. The first kappa shape index (κ1) is 10.4. The van der Waals surface area contributed by atoms with Crippen molar-refractivity contribution in [1.29, 1.82) is 0 Å². The first-order valence-corrected chi connectivity index (χ1v) is 5.43. The Hall–Kier alpha value is -1.07. The molecule has 0 bridgehead atoms. The summed E-state index contributed by atoms with van der Waals surface area (Å²) in [5.74, 6) is 0.0794. The van der Waals surface area contributed by atoms with Gasteiger partial charge in [0.2, 0.25) is 0 Å². The molecule has 0 atom stereocenters. The predicted octanol–water partition coefficient (Wildman–Crippen LogP) is 0.899. The molecule has 5 heteroatoms. The van der Waals surface area contributed by atoms with E-state index in [0.717, 1.165) is 17.6 Å². The third kappa shape index (κ3) is 2.30. The van der Waals surface area contributed by atoms with Crippen LogP contribution in [0.25, 0.3) is 0 Å². The Kier molecular flexibility index (Phi) is 2.93. The van der Waals surface area contributed by atoms with Crippen LogP contribution in [0.15, 0.2) is 22.7 Å². The van der Waals surface area contributed by atoms with E-state index in [2.05, 4.69) is 21.2 Å². The number of benzene rings is 1. The molecule has 1 aliphatic rings. The number of nitrogens with one attached hydrogen (secondary N) is 1. The van der Waals surface area contributed by atoms with E-state index in [1.807, 2.05) is 6.07 Å². The number of primary amides is 1. The number of nitrogens with two attached hydrogens (primary N) is 1. The summed E-state index contributed by atoms with van der Waals surface area (Å²) >= 11 is 3.29. The molecule has 3 N–H and O–H groups in total. The summed E-state index contributed by atoms with van der Waals surface area (Å²) < 4.78 is 6.43. The zero-order chi connectivity index (χ0) is 10.8. The number of carbonyl (C=O) groups excluding carboxylic acids is 1. The Bertz CT molecular complexity index is 391. The molecule has 15 heavy (non-hydrogen) atoms. The number of ether oxygens (including phenoxy) is 1. The van der Waals surface area contributed by atoms with Crippen LogP contribution in [-0.4, -0.2) is 25.1 Å². The van der Waals surface area contributed by atoms with Crippen LogP contribution in [0.4, 0.5) is 0 Å². The van der Waals surface area contributed by atoms with Gasteiger partial charge in [0.25, 0.3) is 5.91 Å². The van der Waals surface area contributed by atoms with E-state index in [1.165, 1.54) is 0 Å². The molecule has 1 aromatic rings. The average molecular weight is 271 g/mol. The van der Waals surface area contributed by atoms with Crippen molar-refractivity contribution in [3.05, 3.63) is 28.2 Å². The molecule has 4 nitrogen and oxygen atoms in total. The van der Waals surface area contributed by atoms with Crippen LogP contribution in [0.1, 0.15) is 10.4 Å². The second-order valence-electron chi connectivity index (χ2n) is 3.40. The minimum atomic E-state index is -0.474. The maximum absolute atomic E-state index is 11.2. The Morgan fingerprint density at radius 2 is 2.27 bits per heavy atom. The quantitative estimate of drug-likeness (QED) is 0.858. The van der Waals surface area contributed by atoms with E-state index in [4.69, 9.17) is 10.5 Å². The SMILES string of the molecule is NC(=O)c1cc(Br)ccc1OC1CNC1. The summed E-state index contributed by atoms with van der Waals surface area (Å²) in [7, 11) is 0. The van der Waals surface area contributed by atoms with Crippen molar-refractivity contribution >= 4 is 21.8 Å². The van der Waals surface area contributed by atoms with Crippen molar-refractivity contribution < 1.29 is 9.53 Å². The molecular weight excluding hydrogens is 260 g/mol. The zero-order valence-electron chi connectivity index (χ0n) is 8.00. The van der Waals surface area contributed by atoms with Gasteiger partial charge in [-0.05, 0) is 18.2 Å².